The van der Waals surface area contributed by atoms with Gasteiger partial charge in [-0.1, -0.05) is 11.6 Å². The molecule has 2 aliphatic heterocycles. The van der Waals surface area contributed by atoms with Crippen LogP contribution in [0.2, 0.25) is 5.02 Å². The van der Waals surface area contributed by atoms with Crippen molar-refractivity contribution in [1.29, 1.82) is 0 Å². The van der Waals surface area contributed by atoms with Crippen LogP contribution in [0.3, 0.4) is 0 Å². The number of benzene rings is 1. The van der Waals surface area contributed by atoms with Gasteiger partial charge in [0.2, 0.25) is 5.91 Å². The van der Waals surface area contributed by atoms with Crippen molar-refractivity contribution in [3.05, 3.63) is 52.7 Å². The van der Waals surface area contributed by atoms with Crippen LogP contribution in [0.1, 0.15) is 58.4 Å². The van der Waals surface area contributed by atoms with Gasteiger partial charge in [-0.25, -0.2) is 4.98 Å². The second-order valence-corrected chi connectivity index (χ2v) is 11.9. The van der Waals surface area contributed by atoms with E-state index in [4.69, 9.17) is 11.6 Å². The number of nitrogens with one attached hydrogen (secondary N) is 2. The number of rotatable bonds is 7. The third-order valence-electron chi connectivity index (χ3n) is 8.39. The van der Waals surface area contributed by atoms with Gasteiger partial charge >= 0.3 is 6.18 Å². The lowest BCUT2D eigenvalue weighted by Gasteiger charge is -2.35. The number of carbonyl (C=O) groups excluding carboxylic acids is 3. The summed E-state index contributed by atoms with van der Waals surface area (Å²) in [6, 6.07) is 4.42. The number of halogens is 4. The summed E-state index contributed by atoms with van der Waals surface area (Å²) in [5, 5.41) is 9.81. The number of imidazole rings is 1. The summed E-state index contributed by atoms with van der Waals surface area (Å²) in [6.07, 6.45) is 0.932. The van der Waals surface area contributed by atoms with E-state index in [-0.39, 0.29) is 51.2 Å². The quantitative estimate of drug-likeness (QED) is 0.409. The van der Waals surface area contributed by atoms with E-state index in [2.05, 4.69) is 20.7 Å². The molecule has 3 aromatic rings. The molecule has 2 aromatic heterocycles. The Hall–Kier alpha value is -3.91. The molecule has 3 aliphatic rings. The fourth-order valence-corrected chi connectivity index (χ4v) is 5.99. The lowest BCUT2D eigenvalue weighted by atomic mass is 10.0. The summed E-state index contributed by atoms with van der Waals surface area (Å²) in [7, 11) is 1.46. The highest BCUT2D eigenvalue weighted by atomic mass is 35.5. The molecule has 0 bridgehead atoms. The van der Waals surface area contributed by atoms with Crippen LogP contribution in [0.4, 0.5) is 18.9 Å². The number of aromatic nitrogens is 4. The van der Waals surface area contributed by atoms with Crippen molar-refractivity contribution in [2.24, 2.45) is 13.0 Å². The van der Waals surface area contributed by atoms with Crippen LogP contribution in [0.5, 0.6) is 0 Å². The van der Waals surface area contributed by atoms with Crippen molar-refractivity contribution in [2.45, 2.75) is 37.9 Å². The molecule has 1 aliphatic carbocycles. The van der Waals surface area contributed by atoms with Gasteiger partial charge in [0, 0.05) is 51.5 Å². The Morgan fingerprint density at radius 1 is 1.09 bits per heavy atom. The van der Waals surface area contributed by atoms with Gasteiger partial charge in [-0.15, -0.1) is 0 Å². The Balaban J connectivity index is 1.09. The summed E-state index contributed by atoms with van der Waals surface area (Å²) in [4.78, 5) is 46.4. The summed E-state index contributed by atoms with van der Waals surface area (Å²) >= 11 is 6.45. The van der Waals surface area contributed by atoms with Gasteiger partial charge in [0.1, 0.15) is 0 Å². The third-order valence-corrected chi connectivity index (χ3v) is 8.70. The maximum absolute atomic E-state index is 13.7. The van der Waals surface area contributed by atoms with Gasteiger partial charge in [-0.05, 0) is 56.5 Å². The fraction of sp³-hybridized carbons (Fsp3) is 0.483. The maximum Gasteiger partial charge on any atom is 0.435 e. The normalized spacial score (nSPS) is 19.0. The van der Waals surface area contributed by atoms with E-state index in [0.717, 1.165) is 32.4 Å². The molecule has 1 atom stereocenters. The Kier molecular flexibility index (Phi) is 8.14. The number of hydrogen-bond acceptors (Lipinski definition) is 6. The van der Waals surface area contributed by atoms with Crippen LogP contribution in [0.25, 0.3) is 11.3 Å². The fourth-order valence-electron chi connectivity index (χ4n) is 5.73. The van der Waals surface area contributed by atoms with E-state index in [1.165, 1.54) is 46.9 Å². The van der Waals surface area contributed by atoms with Crippen LogP contribution in [0.15, 0.2) is 30.6 Å². The molecule has 0 radical (unpaired) electrons. The monoisotopic (exact) mass is 632 g/mol. The Morgan fingerprint density at radius 3 is 2.45 bits per heavy atom. The van der Waals surface area contributed by atoms with Gasteiger partial charge in [0.15, 0.2) is 11.5 Å². The highest BCUT2D eigenvalue weighted by Gasteiger charge is 2.40. The Labute approximate surface area is 256 Å². The standard InChI is InChI=1S/C29H32ClF3N8O3/c1-38-23(21-16-41(19-3-4-19)37-25(21)29(31,32)33)15-35-26(38)27(43)36-18-2-5-20(22(30)13-18)28(44)40-10-8-39(9-11-40)24(42)12-17-6-7-34-14-17/h2,5,13,15-17,19,34H,3-4,6-12,14H2,1H3,(H,36,43)/t17-/m1/s1. The lowest BCUT2D eigenvalue weighted by molar-refractivity contribution is -0.141. The van der Waals surface area contributed by atoms with E-state index in [1.54, 1.807) is 9.80 Å². The number of carbonyl (C=O) groups is 3. The van der Waals surface area contributed by atoms with E-state index in [0.29, 0.717) is 38.5 Å². The largest absolute Gasteiger partial charge is 0.435 e. The number of alkyl halides is 3. The molecule has 15 heteroatoms. The second-order valence-electron chi connectivity index (χ2n) is 11.5. The van der Waals surface area contributed by atoms with Gasteiger partial charge in [0.05, 0.1) is 34.1 Å². The molecule has 0 unspecified atom stereocenters. The molecule has 234 valence electrons. The average molecular weight is 633 g/mol. The van der Waals surface area contributed by atoms with Crippen molar-refractivity contribution >= 4 is 35.0 Å². The minimum Gasteiger partial charge on any atom is -0.339 e. The molecule has 2 saturated heterocycles. The highest BCUT2D eigenvalue weighted by molar-refractivity contribution is 6.34. The van der Waals surface area contributed by atoms with Crippen molar-refractivity contribution in [3.63, 3.8) is 0 Å². The van der Waals surface area contributed by atoms with Crippen molar-refractivity contribution in [2.75, 3.05) is 44.6 Å². The SMILES string of the molecule is Cn1c(-c2cn(C3CC3)nc2C(F)(F)F)cnc1C(=O)Nc1ccc(C(=O)N2CCN(C(=O)C[C@H]3CCNC3)CC2)c(Cl)c1. The van der Waals surface area contributed by atoms with Crippen LogP contribution in [-0.4, -0.2) is 86.1 Å². The number of hydrogen-bond donors (Lipinski definition) is 2. The molecular weight excluding hydrogens is 601 g/mol. The summed E-state index contributed by atoms with van der Waals surface area (Å²) in [5.41, 5.74) is -0.532. The molecule has 11 nitrogen and oxygen atoms in total. The molecule has 1 saturated carbocycles. The lowest BCUT2D eigenvalue weighted by Crippen LogP contribution is -2.51. The van der Waals surface area contributed by atoms with E-state index in [9.17, 15) is 27.6 Å². The molecule has 0 spiro atoms. The first-order chi connectivity index (χ1) is 21.0. The van der Waals surface area contributed by atoms with E-state index in [1.807, 2.05) is 0 Å². The molecule has 6 rings (SSSR count). The molecule has 1 aromatic carbocycles. The first-order valence-electron chi connectivity index (χ1n) is 14.6. The Bertz CT molecular complexity index is 1580. The summed E-state index contributed by atoms with van der Waals surface area (Å²) in [6.45, 7) is 3.48. The number of anilines is 1. The van der Waals surface area contributed by atoms with E-state index < -0.39 is 17.8 Å². The Morgan fingerprint density at radius 2 is 1.82 bits per heavy atom. The predicted octanol–water partition coefficient (Wildman–Crippen LogP) is 3.83. The maximum atomic E-state index is 13.7. The summed E-state index contributed by atoms with van der Waals surface area (Å²) in [5.74, 6) is -0.580. The second kappa shape index (κ2) is 11.9. The third kappa shape index (κ3) is 6.18. The predicted molar refractivity (Wildman–Crippen MR) is 155 cm³/mol. The van der Waals surface area contributed by atoms with Crippen LogP contribution < -0.4 is 10.6 Å². The molecule has 3 fully saturated rings. The molecule has 44 heavy (non-hydrogen) atoms. The van der Waals surface area contributed by atoms with Crippen molar-refractivity contribution in [1.82, 2.24) is 34.4 Å². The summed E-state index contributed by atoms with van der Waals surface area (Å²) < 4.78 is 43.8. The van der Waals surface area contributed by atoms with Gasteiger partial charge in [-0.2, -0.15) is 18.3 Å². The number of amides is 3. The molecule has 3 amide bonds. The van der Waals surface area contributed by atoms with Crippen molar-refractivity contribution in [3.8, 4) is 11.3 Å². The van der Waals surface area contributed by atoms with Gasteiger partial charge in [-0.3, -0.25) is 19.1 Å². The van der Waals surface area contributed by atoms with Crippen molar-refractivity contribution < 1.29 is 27.6 Å². The zero-order valence-electron chi connectivity index (χ0n) is 24.0. The number of piperazine rings is 1. The first kappa shape index (κ1) is 30.1. The highest BCUT2D eigenvalue weighted by Crippen LogP contribution is 2.41. The van der Waals surface area contributed by atoms with Gasteiger partial charge in [0.25, 0.3) is 11.8 Å². The minimum absolute atomic E-state index is 0.0570. The van der Waals surface area contributed by atoms with Crippen LogP contribution in [0, 0.1) is 5.92 Å². The average Bonchev–Trinajstić information content (AvgIpc) is 3.34. The van der Waals surface area contributed by atoms with Crippen LogP contribution >= 0.6 is 11.6 Å². The zero-order chi connectivity index (χ0) is 31.2. The molecular formula is C29H32ClF3N8O3. The zero-order valence-corrected chi connectivity index (χ0v) is 24.8. The van der Waals surface area contributed by atoms with Gasteiger partial charge < -0.3 is 25.0 Å². The van der Waals surface area contributed by atoms with Crippen LogP contribution in [-0.2, 0) is 18.0 Å². The first-order valence-corrected chi connectivity index (χ1v) is 14.9. The molecule has 2 N–H and O–H groups in total. The minimum atomic E-state index is -4.67. The smallest absolute Gasteiger partial charge is 0.339 e. The topological polar surface area (TPSA) is 117 Å². The number of nitrogens with zero attached hydrogens (tertiary/aromatic N) is 6. The molecule has 4 heterocycles. The van der Waals surface area contributed by atoms with E-state index >= 15 is 0 Å².